The molecule has 0 aromatic carbocycles. The highest BCUT2D eigenvalue weighted by Crippen LogP contribution is 2.33. The Morgan fingerprint density at radius 1 is 1.27 bits per heavy atom. The van der Waals surface area contributed by atoms with Gasteiger partial charge in [-0.25, -0.2) is 0 Å². The Labute approximate surface area is 199 Å². The second-order valence-corrected chi connectivity index (χ2v) is 10.8. The second kappa shape index (κ2) is 9.37. The smallest absolute Gasteiger partial charge is 0.272 e. The van der Waals surface area contributed by atoms with Crippen LogP contribution in [0.1, 0.15) is 49.5 Å². The van der Waals surface area contributed by atoms with E-state index in [4.69, 9.17) is 10.5 Å². The van der Waals surface area contributed by atoms with Gasteiger partial charge in [0, 0.05) is 32.2 Å². The summed E-state index contributed by atoms with van der Waals surface area (Å²) in [4.78, 5) is 31.3. The van der Waals surface area contributed by atoms with Crippen LogP contribution >= 0.6 is 11.3 Å². The molecule has 1 saturated heterocycles. The Kier molecular flexibility index (Phi) is 6.48. The number of aromatic nitrogens is 1. The van der Waals surface area contributed by atoms with Crippen molar-refractivity contribution in [3.05, 3.63) is 23.2 Å². The Morgan fingerprint density at radius 3 is 2.85 bits per heavy atom. The molecule has 180 valence electrons. The Hall–Kier alpha value is -1.94. The Morgan fingerprint density at radius 2 is 2.06 bits per heavy atom. The average molecular weight is 474 g/mol. The van der Waals surface area contributed by atoms with Crippen LogP contribution in [0, 0.1) is 5.92 Å². The number of ether oxygens (including phenoxy) is 1. The lowest BCUT2D eigenvalue weighted by Crippen LogP contribution is -2.72. The van der Waals surface area contributed by atoms with Crippen molar-refractivity contribution in [3.8, 4) is 0 Å². The zero-order chi connectivity index (χ0) is 23.0. The Bertz CT molecular complexity index is 1010. The molecule has 2 aromatic heterocycles. The second-order valence-electron chi connectivity index (χ2n) is 9.82. The van der Waals surface area contributed by atoms with Crippen LogP contribution in [0.3, 0.4) is 0 Å². The maximum atomic E-state index is 13.7. The van der Waals surface area contributed by atoms with Crippen molar-refractivity contribution in [3.63, 3.8) is 0 Å². The van der Waals surface area contributed by atoms with Gasteiger partial charge >= 0.3 is 0 Å². The number of amides is 2. The van der Waals surface area contributed by atoms with Crippen molar-refractivity contribution in [1.82, 2.24) is 19.7 Å². The lowest BCUT2D eigenvalue weighted by atomic mass is 9.85. The van der Waals surface area contributed by atoms with Crippen molar-refractivity contribution < 1.29 is 14.3 Å². The third kappa shape index (κ3) is 4.32. The summed E-state index contributed by atoms with van der Waals surface area (Å²) in [7, 11) is 0. The zero-order valence-corrected chi connectivity index (χ0v) is 20.2. The number of nitrogens with one attached hydrogen (secondary N) is 1. The molecule has 3 N–H and O–H groups in total. The minimum absolute atomic E-state index is 0.115. The minimum atomic E-state index is -1.40. The monoisotopic (exact) mass is 473 g/mol. The molecular weight excluding hydrogens is 438 g/mol. The quantitative estimate of drug-likeness (QED) is 0.671. The molecule has 0 radical (unpaired) electrons. The van der Waals surface area contributed by atoms with Crippen LogP contribution in [0.5, 0.6) is 0 Å². The molecule has 0 bridgehead atoms. The van der Waals surface area contributed by atoms with E-state index in [-0.39, 0.29) is 24.4 Å². The highest BCUT2D eigenvalue weighted by Gasteiger charge is 2.49. The average Bonchev–Trinajstić information content (AvgIpc) is 3.41. The van der Waals surface area contributed by atoms with Crippen LogP contribution in [0.25, 0.3) is 10.2 Å². The summed E-state index contributed by atoms with van der Waals surface area (Å²) >= 11 is 1.61. The van der Waals surface area contributed by atoms with E-state index >= 15 is 0 Å². The van der Waals surface area contributed by atoms with Crippen molar-refractivity contribution in [1.29, 1.82) is 0 Å². The number of fused-ring (bicyclic) bond motifs is 3. The van der Waals surface area contributed by atoms with E-state index in [1.807, 2.05) is 22.1 Å². The predicted octanol–water partition coefficient (Wildman–Crippen LogP) is 2.23. The van der Waals surface area contributed by atoms with Gasteiger partial charge in [0.1, 0.15) is 5.69 Å². The van der Waals surface area contributed by atoms with Crippen LogP contribution in [0.4, 0.5) is 0 Å². The van der Waals surface area contributed by atoms with Crippen molar-refractivity contribution in [2.45, 2.75) is 57.3 Å². The third-order valence-electron chi connectivity index (χ3n) is 7.65. The molecule has 33 heavy (non-hydrogen) atoms. The molecule has 0 spiro atoms. The fourth-order valence-electron chi connectivity index (χ4n) is 5.57. The van der Waals surface area contributed by atoms with Gasteiger partial charge < -0.3 is 19.5 Å². The molecule has 2 fully saturated rings. The summed E-state index contributed by atoms with van der Waals surface area (Å²) in [5.41, 5.74) is 7.10. The van der Waals surface area contributed by atoms with Gasteiger partial charge in [0.2, 0.25) is 0 Å². The van der Waals surface area contributed by atoms with Gasteiger partial charge in [-0.3, -0.25) is 20.2 Å². The Balaban J connectivity index is 1.39. The number of rotatable bonds is 6. The van der Waals surface area contributed by atoms with Crippen LogP contribution in [0.15, 0.2) is 17.5 Å². The first-order valence-corrected chi connectivity index (χ1v) is 13.1. The largest absolute Gasteiger partial charge is 0.379 e. The zero-order valence-electron chi connectivity index (χ0n) is 19.4. The predicted molar refractivity (Wildman–Crippen MR) is 129 cm³/mol. The summed E-state index contributed by atoms with van der Waals surface area (Å²) in [5.74, 6) is 0.0377. The molecule has 5 rings (SSSR count). The van der Waals surface area contributed by atoms with E-state index < -0.39 is 5.66 Å². The third-order valence-corrected chi connectivity index (χ3v) is 8.50. The molecule has 8 nitrogen and oxygen atoms in total. The van der Waals surface area contributed by atoms with E-state index in [1.165, 1.54) is 6.42 Å². The lowest BCUT2D eigenvalue weighted by Gasteiger charge is -2.45. The standard InChI is InChI=1S/C24H35N5O3S/c1-17-5-2-3-6-18(17)26-23(31)24(25)16-28-19-7-14-33-21(19)15-20(28)22(30)29(24)9-4-8-27-10-12-32-13-11-27/h7,14-15,17-18H,2-6,8-13,16,25H2,1H3,(H,26,31). The van der Waals surface area contributed by atoms with Gasteiger partial charge in [-0.2, -0.15) is 0 Å². The van der Waals surface area contributed by atoms with E-state index in [0.29, 0.717) is 18.2 Å². The summed E-state index contributed by atoms with van der Waals surface area (Å²) in [5, 5.41) is 5.25. The minimum Gasteiger partial charge on any atom is -0.379 e. The number of nitrogens with two attached hydrogens (primary N) is 1. The molecule has 3 unspecified atom stereocenters. The normalized spacial score (nSPS) is 28.8. The molecule has 4 heterocycles. The number of carbonyl (C=O) groups is 2. The van der Waals surface area contributed by atoms with Crippen LogP contribution < -0.4 is 11.1 Å². The number of thiophene rings is 1. The number of nitrogens with zero attached hydrogens (tertiary/aromatic N) is 3. The summed E-state index contributed by atoms with van der Waals surface area (Å²) in [6.45, 7) is 7.09. The highest BCUT2D eigenvalue weighted by atomic mass is 32.1. The molecule has 1 aliphatic carbocycles. The van der Waals surface area contributed by atoms with E-state index in [1.54, 1.807) is 16.2 Å². The lowest BCUT2D eigenvalue weighted by molar-refractivity contribution is -0.135. The molecule has 9 heteroatoms. The van der Waals surface area contributed by atoms with E-state index in [9.17, 15) is 9.59 Å². The van der Waals surface area contributed by atoms with Crippen molar-refractivity contribution >= 4 is 33.4 Å². The van der Waals surface area contributed by atoms with Gasteiger partial charge in [0.15, 0.2) is 5.66 Å². The first-order chi connectivity index (χ1) is 16.0. The van der Waals surface area contributed by atoms with Gasteiger partial charge in [-0.1, -0.05) is 19.8 Å². The maximum absolute atomic E-state index is 13.7. The topological polar surface area (TPSA) is 92.8 Å². The van der Waals surface area contributed by atoms with Gasteiger partial charge in [0.05, 0.1) is 30.0 Å². The molecule has 3 atom stereocenters. The van der Waals surface area contributed by atoms with Crippen molar-refractivity contribution in [2.75, 3.05) is 39.4 Å². The van der Waals surface area contributed by atoms with Crippen LogP contribution in [-0.2, 0) is 16.1 Å². The fourth-order valence-corrected chi connectivity index (χ4v) is 6.39. The molecule has 3 aliphatic rings. The summed E-state index contributed by atoms with van der Waals surface area (Å²) in [6, 6.07) is 4.06. The van der Waals surface area contributed by atoms with Gasteiger partial charge in [0.25, 0.3) is 11.8 Å². The van der Waals surface area contributed by atoms with E-state index in [0.717, 1.165) is 68.7 Å². The number of hydrogen-bond donors (Lipinski definition) is 2. The molecule has 2 amide bonds. The van der Waals surface area contributed by atoms with E-state index in [2.05, 4.69) is 17.1 Å². The maximum Gasteiger partial charge on any atom is 0.272 e. The number of hydrogen-bond acceptors (Lipinski definition) is 6. The molecule has 2 aromatic rings. The molecular formula is C24H35N5O3S. The van der Waals surface area contributed by atoms with Gasteiger partial charge in [-0.05, 0) is 42.7 Å². The van der Waals surface area contributed by atoms with Crippen molar-refractivity contribution in [2.24, 2.45) is 11.7 Å². The molecule has 1 saturated carbocycles. The molecule has 2 aliphatic heterocycles. The van der Waals surface area contributed by atoms with Crippen LogP contribution in [-0.4, -0.2) is 77.3 Å². The SMILES string of the molecule is CC1CCCCC1NC(=O)C1(N)Cn2c(cc3sccc32)C(=O)N1CCCN1CCOCC1. The first-order valence-electron chi connectivity index (χ1n) is 12.3. The van der Waals surface area contributed by atoms with Crippen LogP contribution in [0.2, 0.25) is 0 Å². The number of carbonyl (C=O) groups excluding carboxylic acids is 2. The fraction of sp³-hybridized carbons (Fsp3) is 0.667. The number of morpholine rings is 1. The highest BCUT2D eigenvalue weighted by molar-refractivity contribution is 7.17. The summed E-state index contributed by atoms with van der Waals surface area (Å²) in [6.07, 6.45) is 5.18. The summed E-state index contributed by atoms with van der Waals surface area (Å²) < 4.78 is 8.43. The first kappa shape index (κ1) is 22.8. The van der Waals surface area contributed by atoms with Gasteiger partial charge in [-0.15, -0.1) is 11.3 Å².